The van der Waals surface area contributed by atoms with Gasteiger partial charge in [-0.1, -0.05) is 25.1 Å². The Balaban J connectivity index is 2.33. The lowest BCUT2D eigenvalue weighted by Crippen LogP contribution is -2.11. The van der Waals surface area contributed by atoms with Crippen LogP contribution in [-0.4, -0.2) is 21.5 Å². The minimum absolute atomic E-state index is 0.0695. The van der Waals surface area contributed by atoms with E-state index in [9.17, 15) is 9.00 Å². The van der Waals surface area contributed by atoms with Gasteiger partial charge in [-0.15, -0.1) is 0 Å². The molecule has 0 saturated carbocycles. The molecule has 0 amide bonds. The van der Waals surface area contributed by atoms with E-state index in [1.54, 1.807) is 6.92 Å². The van der Waals surface area contributed by atoms with Crippen LogP contribution in [0.2, 0.25) is 0 Å². The minimum atomic E-state index is -1.08. The number of rotatable bonds is 4. The van der Waals surface area contributed by atoms with Crippen LogP contribution in [-0.2, 0) is 10.8 Å². The number of ketones is 1. The predicted molar refractivity (Wildman–Crippen MR) is 64.1 cm³/mol. The van der Waals surface area contributed by atoms with Gasteiger partial charge in [-0.05, 0) is 6.07 Å². The van der Waals surface area contributed by atoms with Gasteiger partial charge in [-0.2, -0.15) is 0 Å². The zero-order valence-electron chi connectivity index (χ0n) is 8.93. The van der Waals surface area contributed by atoms with Crippen molar-refractivity contribution in [3.63, 3.8) is 0 Å². The van der Waals surface area contributed by atoms with Crippen LogP contribution in [0.1, 0.15) is 17.3 Å². The molecule has 2 rings (SSSR count). The number of carbonyl (C=O) groups excluding carboxylic acids is 1. The molecule has 0 saturated heterocycles. The fourth-order valence-corrected chi connectivity index (χ4v) is 2.17. The molecule has 0 spiro atoms. The Labute approximate surface area is 95.9 Å². The summed E-state index contributed by atoms with van der Waals surface area (Å²) in [7, 11) is -1.08. The largest absolute Gasteiger partial charge is 0.464 e. The van der Waals surface area contributed by atoms with Crippen LogP contribution in [0, 0.1) is 0 Å². The summed E-state index contributed by atoms with van der Waals surface area (Å²) < 4.78 is 16.6. The van der Waals surface area contributed by atoms with Crippen LogP contribution < -0.4 is 0 Å². The first-order chi connectivity index (χ1) is 7.72. The molecular formula is C12H12O3S. The SMILES string of the molecule is CCS(=O)CC(=O)c1coc2ccccc12. The Morgan fingerprint density at radius 3 is 2.88 bits per heavy atom. The number of furan rings is 1. The summed E-state index contributed by atoms with van der Waals surface area (Å²) in [5.41, 5.74) is 1.21. The van der Waals surface area contributed by atoms with Gasteiger partial charge in [0.05, 0.1) is 11.3 Å². The van der Waals surface area contributed by atoms with Gasteiger partial charge in [0.1, 0.15) is 11.8 Å². The molecule has 1 heterocycles. The fourth-order valence-electron chi connectivity index (χ4n) is 1.52. The maximum absolute atomic E-state index is 11.8. The number of carbonyl (C=O) groups is 1. The van der Waals surface area contributed by atoms with E-state index in [-0.39, 0.29) is 11.5 Å². The summed E-state index contributed by atoms with van der Waals surface area (Å²) in [4.78, 5) is 11.8. The van der Waals surface area contributed by atoms with E-state index in [1.165, 1.54) is 6.26 Å². The number of para-hydroxylation sites is 1. The van der Waals surface area contributed by atoms with Gasteiger partial charge in [-0.3, -0.25) is 9.00 Å². The maximum Gasteiger partial charge on any atom is 0.179 e. The van der Waals surface area contributed by atoms with Crippen molar-refractivity contribution < 1.29 is 13.4 Å². The Morgan fingerprint density at radius 1 is 1.38 bits per heavy atom. The van der Waals surface area contributed by atoms with Gasteiger partial charge in [0.15, 0.2) is 5.78 Å². The van der Waals surface area contributed by atoms with Crippen LogP contribution in [0.3, 0.4) is 0 Å². The Hall–Kier alpha value is -1.42. The standard InChI is InChI=1S/C12H12O3S/c1-2-16(14)8-11(13)10-7-15-12-6-4-3-5-9(10)12/h3-7H,2,8H2,1H3. The highest BCUT2D eigenvalue weighted by Gasteiger charge is 2.15. The van der Waals surface area contributed by atoms with Crippen LogP contribution in [0.5, 0.6) is 0 Å². The van der Waals surface area contributed by atoms with E-state index in [0.29, 0.717) is 16.9 Å². The topological polar surface area (TPSA) is 47.3 Å². The van der Waals surface area contributed by atoms with Gasteiger partial charge in [-0.25, -0.2) is 0 Å². The lowest BCUT2D eigenvalue weighted by atomic mass is 10.1. The molecule has 4 heteroatoms. The van der Waals surface area contributed by atoms with Crippen molar-refractivity contribution in [2.45, 2.75) is 6.92 Å². The van der Waals surface area contributed by atoms with E-state index in [1.807, 2.05) is 24.3 Å². The number of hydrogen-bond donors (Lipinski definition) is 0. The minimum Gasteiger partial charge on any atom is -0.464 e. The molecule has 2 aromatic rings. The molecule has 1 aromatic heterocycles. The van der Waals surface area contributed by atoms with Gasteiger partial charge in [0.25, 0.3) is 0 Å². The molecule has 3 nitrogen and oxygen atoms in total. The first-order valence-corrected chi connectivity index (χ1v) is 6.55. The molecule has 0 aliphatic rings. The summed E-state index contributed by atoms with van der Waals surface area (Å²) in [6.07, 6.45) is 1.44. The molecule has 84 valence electrons. The highest BCUT2D eigenvalue weighted by atomic mass is 32.2. The van der Waals surface area contributed by atoms with E-state index in [2.05, 4.69) is 0 Å². The molecule has 0 bridgehead atoms. The van der Waals surface area contributed by atoms with Crippen molar-refractivity contribution in [2.75, 3.05) is 11.5 Å². The normalized spacial score (nSPS) is 12.8. The van der Waals surface area contributed by atoms with Gasteiger partial charge < -0.3 is 4.42 Å². The van der Waals surface area contributed by atoms with Crippen molar-refractivity contribution in [2.24, 2.45) is 0 Å². The third kappa shape index (κ3) is 2.07. The average Bonchev–Trinajstić information content (AvgIpc) is 2.72. The number of fused-ring (bicyclic) bond motifs is 1. The first kappa shape index (κ1) is 11.1. The monoisotopic (exact) mass is 236 g/mol. The second-order valence-corrected chi connectivity index (χ2v) is 5.19. The lowest BCUT2D eigenvalue weighted by Gasteiger charge is -1.97. The quantitative estimate of drug-likeness (QED) is 0.766. The molecule has 0 radical (unpaired) electrons. The van der Waals surface area contributed by atoms with Crippen LogP contribution in [0.4, 0.5) is 0 Å². The molecule has 1 unspecified atom stereocenters. The predicted octanol–water partition coefficient (Wildman–Crippen LogP) is 2.38. The van der Waals surface area contributed by atoms with Gasteiger partial charge in [0, 0.05) is 21.9 Å². The molecule has 1 atom stereocenters. The summed E-state index contributed by atoms with van der Waals surface area (Å²) >= 11 is 0. The Morgan fingerprint density at radius 2 is 2.12 bits per heavy atom. The maximum atomic E-state index is 11.8. The smallest absolute Gasteiger partial charge is 0.179 e. The van der Waals surface area contributed by atoms with E-state index >= 15 is 0 Å². The van der Waals surface area contributed by atoms with Crippen molar-refractivity contribution in [3.05, 3.63) is 36.1 Å². The summed E-state index contributed by atoms with van der Waals surface area (Å²) in [5, 5.41) is 0.792. The zero-order valence-corrected chi connectivity index (χ0v) is 9.75. The number of Topliss-reactive ketones (excluding diaryl/α,β-unsaturated/α-hetero) is 1. The Kier molecular flexibility index (Phi) is 3.19. The fraction of sp³-hybridized carbons (Fsp3) is 0.250. The third-order valence-electron chi connectivity index (χ3n) is 2.40. The molecule has 16 heavy (non-hydrogen) atoms. The summed E-state index contributed by atoms with van der Waals surface area (Å²) in [6, 6.07) is 7.35. The lowest BCUT2D eigenvalue weighted by molar-refractivity contribution is 0.102. The average molecular weight is 236 g/mol. The van der Waals surface area contributed by atoms with E-state index in [0.717, 1.165) is 5.39 Å². The van der Waals surface area contributed by atoms with Crippen molar-refractivity contribution in [1.29, 1.82) is 0 Å². The second kappa shape index (κ2) is 4.61. The highest BCUT2D eigenvalue weighted by molar-refractivity contribution is 7.85. The van der Waals surface area contributed by atoms with E-state index < -0.39 is 10.8 Å². The Bertz CT molecular complexity index is 542. The molecule has 0 fully saturated rings. The van der Waals surface area contributed by atoms with Gasteiger partial charge >= 0.3 is 0 Å². The van der Waals surface area contributed by atoms with Crippen molar-refractivity contribution in [3.8, 4) is 0 Å². The van der Waals surface area contributed by atoms with Crippen molar-refractivity contribution >= 4 is 27.6 Å². The third-order valence-corrected chi connectivity index (χ3v) is 3.62. The summed E-state index contributed by atoms with van der Waals surface area (Å²) in [6.45, 7) is 1.80. The summed E-state index contributed by atoms with van der Waals surface area (Å²) in [5.74, 6) is 0.451. The van der Waals surface area contributed by atoms with Crippen molar-refractivity contribution in [1.82, 2.24) is 0 Å². The second-order valence-electron chi connectivity index (χ2n) is 3.44. The number of benzene rings is 1. The molecule has 1 aromatic carbocycles. The molecular weight excluding hydrogens is 224 g/mol. The number of hydrogen-bond acceptors (Lipinski definition) is 3. The molecule has 0 N–H and O–H groups in total. The van der Waals surface area contributed by atoms with Crippen LogP contribution in [0.15, 0.2) is 34.9 Å². The molecule has 0 aliphatic heterocycles. The highest BCUT2D eigenvalue weighted by Crippen LogP contribution is 2.21. The van der Waals surface area contributed by atoms with Crippen LogP contribution >= 0.6 is 0 Å². The molecule has 0 aliphatic carbocycles. The van der Waals surface area contributed by atoms with Gasteiger partial charge in [0.2, 0.25) is 0 Å². The first-order valence-electron chi connectivity index (χ1n) is 5.06. The van der Waals surface area contributed by atoms with Crippen LogP contribution in [0.25, 0.3) is 11.0 Å². The zero-order chi connectivity index (χ0) is 11.5. The van der Waals surface area contributed by atoms with E-state index in [4.69, 9.17) is 4.42 Å².